The van der Waals surface area contributed by atoms with E-state index in [4.69, 9.17) is 10.5 Å². The van der Waals surface area contributed by atoms with Gasteiger partial charge in [-0.15, -0.1) is 0 Å². The third kappa shape index (κ3) is 4.78. The van der Waals surface area contributed by atoms with Gasteiger partial charge in [-0.1, -0.05) is 6.07 Å². The van der Waals surface area contributed by atoms with Crippen LogP contribution in [0.3, 0.4) is 0 Å². The molecule has 0 spiro atoms. The van der Waals surface area contributed by atoms with Gasteiger partial charge < -0.3 is 10.5 Å². The lowest BCUT2D eigenvalue weighted by atomic mass is 10.2. The van der Waals surface area contributed by atoms with Gasteiger partial charge in [0.25, 0.3) is 0 Å². The van der Waals surface area contributed by atoms with E-state index in [1.807, 2.05) is 0 Å². The lowest BCUT2D eigenvalue weighted by Crippen LogP contribution is -2.34. The number of nitro benzene ring substituents is 1. The Labute approximate surface area is 119 Å². The summed E-state index contributed by atoms with van der Waals surface area (Å²) in [6, 6.07) is 2.98. The quantitative estimate of drug-likeness (QED) is 0.469. The van der Waals surface area contributed by atoms with Crippen LogP contribution in [0.4, 0.5) is 10.1 Å². The van der Waals surface area contributed by atoms with Crippen LogP contribution in [-0.2, 0) is 15.3 Å². The molecule has 0 aliphatic heterocycles. The summed E-state index contributed by atoms with van der Waals surface area (Å²) in [6.45, 7) is 1.96. The first kappa shape index (κ1) is 16.4. The second-order valence-corrected chi connectivity index (χ2v) is 4.95. The van der Waals surface area contributed by atoms with Gasteiger partial charge >= 0.3 is 11.7 Å². The average molecular weight is 302 g/mol. The average Bonchev–Trinajstić information content (AvgIpc) is 2.38. The SMILES string of the molecule is CCOC(=O)C(N)CSCc1ccc([N+](=O)[O-])c(F)c1. The first-order valence-electron chi connectivity index (χ1n) is 5.88. The molecule has 0 saturated heterocycles. The van der Waals surface area contributed by atoms with Crippen LogP contribution in [-0.4, -0.2) is 29.3 Å². The van der Waals surface area contributed by atoms with Crippen LogP contribution < -0.4 is 5.73 Å². The summed E-state index contributed by atoms with van der Waals surface area (Å²) in [6.07, 6.45) is 0. The molecule has 0 heterocycles. The van der Waals surface area contributed by atoms with Gasteiger partial charge in [-0.25, -0.2) is 0 Å². The zero-order chi connectivity index (χ0) is 15.1. The Morgan fingerprint density at radius 2 is 2.30 bits per heavy atom. The normalized spacial score (nSPS) is 11.9. The monoisotopic (exact) mass is 302 g/mol. The van der Waals surface area contributed by atoms with Gasteiger partial charge in [0, 0.05) is 17.6 Å². The van der Waals surface area contributed by atoms with Crippen LogP contribution in [0.2, 0.25) is 0 Å². The lowest BCUT2D eigenvalue weighted by Gasteiger charge is -2.10. The number of hydrogen-bond donors (Lipinski definition) is 1. The Balaban J connectivity index is 2.48. The lowest BCUT2D eigenvalue weighted by molar-refractivity contribution is -0.387. The molecule has 20 heavy (non-hydrogen) atoms. The van der Waals surface area contributed by atoms with Crippen molar-refractivity contribution in [3.63, 3.8) is 0 Å². The molecule has 1 aromatic rings. The molecule has 2 N–H and O–H groups in total. The molecular formula is C12H15FN2O4S. The van der Waals surface area contributed by atoms with E-state index in [9.17, 15) is 19.3 Å². The molecular weight excluding hydrogens is 287 g/mol. The molecule has 0 aliphatic carbocycles. The molecule has 8 heteroatoms. The molecule has 0 aromatic heterocycles. The summed E-state index contributed by atoms with van der Waals surface area (Å²) in [4.78, 5) is 21.0. The van der Waals surface area contributed by atoms with Crippen molar-refractivity contribution >= 4 is 23.4 Å². The molecule has 6 nitrogen and oxygen atoms in total. The van der Waals surface area contributed by atoms with E-state index in [0.717, 1.165) is 12.1 Å². The maximum Gasteiger partial charge on any atom is 0.323 e. The minimum absolute atomic E-state index is 0.269. The van der Waals surface area contributed by atoms with E-state index in [1.54, 1.807) is 6.92 Å². The second kappa shape index (κ2) is 7.81. The highest BCUT2D eigenvalue weighted by atomic mass is 32.2. The van der Waals surface area contributed by atoms with E-state index in [2.05, 4.69) is 0 Å². The Morgan fingerprint density at radius 3 is 2.85 bits per heavy atom. The number of carbonyl (C=O) groups is 1. The molecule has 0 saturated carbocycles. The third-order valence-corrected chi connectivity index (χ3v) is 3.50. The highest BCUT2D eigenvalue weighted by molar-refractivity contribution is 7.98. The van der Waals surface area contributed by atoms with Crippen molar-refractivity contribution in [3.8, 4) is 0 Å². The fourth-order valence-electron chi connectivity index (χ4n) is 1.41. The second-order valence-electron chi connectivity index (χ2n) is 3.92. The summed E-state index contributed by atoms with van der Waals surface area (Å²) < 4.78 is 18.1. The first-order chi connectivity index (χ1) is 9.45. The largest absolute Gasteiger partial charge is 0.465 e. The van der Waals surface area contributed by atoms with Gasteiger partial charge in [0.2, 0.25) is 5.82 Å². The Morgan fingerprint density at radius 1 is 1.60 bits per heavy atom. The van der Waals surface area contributed by atoms with Crippen LogP contribution >= 0.6 is 11.8 Å². The fraction of sp³-hybridized carbons (Fsp3) is 0.417. The zero-order valence-corrected chi connectivity index (χ0v) is 11.7. The molecule has 1 atom stereocenters. The van der Waals surface area contributed by atoms with Crippen LogP contribution in [0.15, 0.2) is 18.2 Å². The number of hydrogen-bond acceptors (Lipinski definition) is 6. The van der Waals surface area contributed by atoms with Gasteiger partial charge in [0.1, 0.15) is 6.04 Å². The van der Waals surface area contributed by atoms with Crippen LogP contribution in [0, 0.1) is 15.9 Å². The Bertz CT molecular complexity index is 498. The topological polar surface area (TPSA) is 95.5 Å². The van der Waals surface area contributed by atoms with Crippen molar-refractivity contribution in [2.45, 2.75) is 18.7 Å². The predicted octanol–water partition coefficient (Wildman–Crippen LogP) is 1.86. The van der Waals surface area contributed by atoms with Gasteiger partial charge in [0.05, 0.1) is 11.5 Å². The summed E-state index contributed by atoms with van der Waals surface area (Å²) in [5, 5.41) is 10.5. The van der Waals surface area contributed by atoms with Crippen LogP contribution in [0.1, 0.15) is 12.5 Å². The number of carbonyl (C=O) groups excluding carboxylic acids is 1. The minimum Gasteiger partial charge on any atom is -0.465 e. The number of nitrogens with zero attached hydrogens (tertiary/aromatic N) is 1. The number of ether oxygens (including phenoxy) is 1. The van der Waals surface area contributed by atoms with Gasteiger partial charge in [-0.05, 0) is 18.6 Å². The molecule has 0 amide bonds. The summed E-state index contributed by atoms with van der Waals surface area (Å²) >= 11 is 1.33. The van der Waals surface area contributed by atoms with Gasteiger partial charge in [0.15, 0.2) is 0 Å². The van der Waals surface area contributed by atoms with E-state index in [-0.39, 0.29) is 6.61 Å². The predicted molar refractivity (Wildman–Crippen MR) is 73.8 cm³/mol. The molecule has 0 fully saturated rings. The summed E-state index contributed by atoms with van der Waals surface area (Å²) in [5.74, 6) is -0.614. The van der Waals surface area contributed by atoms with Crippen molar-refractivity contribution in [2.24, 2.45) is 5.73 Å². The maximum atomic E-state index is 13.4. The Kier molecular flexibility index (Phi) is 6.40. The smallest absolute Gasteiger partial charge is 0.323 e. The van der Waals surface area contributed by atoms with E-state index in [0.29, 0.717) is 17.1 Å². The summed E-state index contributed by atoms with van der Waals surface area (Å²) in [7, 11) is 0. The Hall–Kier alpha value is -1.67. The summed E-state index contributed by atoms with van der Waals surface area (Å²) in [5.41, 5.74) is 5.64. The van der Waals surface area contributed by atoms with E-state index < -0.39 is 28.4 Å². The van der Waals surface area contributed by atoms with Crippen molar-refractivity contribution in [2.75, 3.05) is 12.4 Å². The number of halogens is 1. The fourth-order valence-corrected chi connectivity index (χ4v) is 2.33. The number of nitro groups is 1. The zero-order valence-electron chi connectivity index (χ0n) is 10.9. The molecule has 0 aliphatic rings. The van der Waals surface area contributed by atoms with Crippen molar-refractivity contribution in [1.82, 2.24) is 0 Å². The van der Waals surface area contributed by atoms with Crippen LogP contribution in [0.25, 0.3) is 0 Å². The molecule has 110 valence electrons. The first-order valence-corrected chi connectivity index (χ1v) is 7.04. The molecule has 0 radical (unpaired) electrons. The number of benzene rings is 1. The maximum absolute atomic E-state index is 13.4. The van der Waals surface area contributed by atoms with Crippen molar-refractivity contribution in [1.29, 1.82) is 0 Å². The number of thioether (sulfide) groups is 1. The number of esters is 1. The van der Waals surface area contributed by atoms with Crippen molar-refractivity contribution < 1.29 is 18.8 Å². The van der Waals surface area contributed by atoms with E-state index in [1.165, 1.54) is 17.8 Å². The van der Waals surface area contributed by atoms with Crippen molar-refractivity contribution in [3.05, 3.63) is 39.7 Å². The molecule has 1 rings (SSSR count). The third-order valence-electron chi connectivity index (χ3n) is 2.36. The number of nitrogens with two attached hydrogens (primary N) is 1. The molecule has 1 unspecified atom stereocenters. The number of rotatable bonds is 7. The van der Waals surface area contributed by atoms with Gasteiger partial charge in [-0.2, -0.15) is 16.2 Å². The van der Waals surface area contributed by atoms with E-state index >= 15 is 0 Å². The van der Waals surface area contributed by atoms with Gasteiger partial charge in [-0.3, -0.25) is 14.9 Å². The minimum atomic E-state index is -0.872. The molecule has 0 bridgehead atoms. The standard InChI is InChI=1S/C12H15FN2O4S/c1-2-19-12(16)10(14)7-20-6-8-3-4-11(15(17)18)9(13)5-8/h3-5,10H,2,6-7,14H2,1H3. The highest BCUT2D eigenvalue weighted by Crippen LogP contribution is 2.21. The highest BCUT2D eigenvalue weighted by Gasteiger charge is 2.16. The van der Waals surface area contributed by atoms with Crippen LogP contribution in [0.5, 0.6) is 0 Å². The molecule has 1 aromatic carbocycles.